The molecule has 2 rings (SSSR count). The lowest BCUT2D eigenvalue weighted by Crippen LogP contribution is -2.59. The zero-order valence-electron chi connectivity index (χ0n) is 20.2. The minimum absolute atomic E-state index is 0.209. The molecule has 2 aliphatic heterocycles. The highest BCUT2D eigenvalue weighted by Crippen LogP contribution is 2.31. The van der Waals surface area contributed by atoms with Crippen LogP contribution in [-0.4, -0.2) is 91.1 Å². The van der Waals surface area contributed by atoms with Crippen LogP contribution >= 0.6 is 0 Å². The minimum atomic E-state index is -2.72. The molecule has 0 bridgehead atoms. The first-order valence-corrected chi connectivity index (χ1v) is 21.0. The molecule has 2 fully saturated rings. The number of esters is 1. The summed E-state index contributed by atoms with van der Waals surface area (Å²) < 4.78 is 47.0. The molecule has 2 aliphatic rings. The predicted octanol–water partition coefficient (Wildman–Crippen LogP) is 2.51. The van der Waals surface area contributed by atoms with Crippen molar-refractivity contribution in [3.8, 4) is 0 Å². The summed E-state index contributed by atoms with van der Waals surface area (Å²) in [7, 11) is -6.10. The molecule has 184 valence electrons. The number of hydrogen-bond donors (Lipinski definition) is 0. The number of rotatable bonds is 14. The van der Waals surface area contributed by atoms with Crippen LogP contribution in [0.4, 0.5) is 0 Å². The number of ether oxygens (including phenoxy) is 3. The molecule has 0 saturated carbocycles. The second kappa shape index (κ2) is 14.0. The summed E-state index contributed by atoms with van der Waals surface area (Å²) in [5, 5.41) is 0. The maximum Gasteiger partial charge on any atom is 0.362 e. The number of carbonyl (C=O) groups is 1. The Hall–Kier alpha value is 0.274. The van der Waals surface area contributed by atoms with Crippen molar-refractivity contribution in [2.24, 2.45) is 5.92 Å². The van der Waals surface area contributed by atoms with Crippen molar-refractivity contribution in [1.29, 1.82) is 0 Å². The molecule has 0 aromatic heterocycles. The Morgan fingerprint density at radius 3 is 2.50 bits per heavy atom. The average Bonchev–Trinajstić information content (AvgIpc) is 3.49. The van der Waals surface area contributed by atoms with Gasteiger partial charge in [0.2, 0.25) is 9.76 Å². The summed E-state index contributed by atoms with van der Waals surface area (Å²) in [6, 6.07) is 2.21. The monoisotopic (exact) mass is 538 g/mol. The Morgan fingerprint density at radius 1 is 1.16 bits per heavy atom. The van der Waals surface area contributed by atoms with Crippen LogP contribution in [0, 0.1) is 5.92 Å². The van der Waals surface area contributed by atoms with Gasteiger partial charge in [-0.1, -0.05) is 6.92 Å². The van der Waals surface area contributed by atoms with E-state index in [-0.39, 0.29) is 18.0 Å². The molecule has 0 aromatic carbocycles. The first kappa shape index (κ1) is 28.5. The Morgan fingerprint density at radius 2 is 1.84 bits per heavy atom. The molecule has 0 spiro atoms. The molecule has 2 heterocycles. The number of epoxide rings is 1. The smallest absolute Gasteiger partial charge is 0.362 e. The molecule has 0 N–H and O–H groups in total. The highest BCUT2D eigenvalue weighted by Gasteiger charge is 2.49. The molecule has 4 atom stereocenters. The van der Waals surface area contributed by atoms with Crippen LogP contribution in [-0.2, 0) is 39.9 Å². The van der Waals surface area contributed by atoms with Crippen LogP contribution in [0.5, 0.6) is 0 Å². The van der Waals surface area contributed by atoms with Crippen molar-refractivity contribution in [2.45, 2.75) is 70.2 Å². The van der Waals surface area contributed by atoms with E-state index in [4.69, 9.17) is 35.1 Å². The van der Waals surface area contributed by atoms with Gasteiger partial charge in [-0.15, -0.1) is 0 Å². The molecule has 4 radical (unpaired) electrons. The highest BCUT2D eigenvalue weighted by atomic mass is 28.5. The normalized spacial score (nSPS) is 30.5. The van der Waals surface area contributed by atoms with Crippen molar-refractivity contribution in [3.63, 3.8) is 0 Å². The van der Waals surface area contributed by atoms with Crippen LogP contribution in [0.15, 0.2) is 0 Å². The fourth-order valence-electron chi connectivity index (χ4n) is 3.61. The third kappa shape index (κ3) is 11.1. The van der Waals surface area contributed by atoms with Crippen molar-refractivity contribution in [1.82, 2.24) is 0 Å². The number of carbonyl (C=O) groups excluding carboxylic acids is 1. The van der Waals surface area contributed by atoms with Gasteiger partial charge < -0.3 is 35.1 Å². The molecule has 2 saturated heterocycles. The van der Waals surface area contributed by atoms with E-state index in [1.807, 2.05) is 26.6 Å². The lowest BCUT2D eigenvalue weighted by Gasteiger charge is -2.42. The molecule has 0 amide bonds. The van der Waals surface area contributed by atoms with Crippen LogP contribution in [0.2, 0.25) is 44.3 Å². The zero-order valence-corrected chi connectivity index (χ0v) is 25.2. The van der Waals surface area contributed by atoms with Crippen molar-refractivity contribution in [2.75, 3.05) is 33.5 Å². The van der Waals surface area contributed by atoms with Crippen molar-refractivity contribution >= 4 is 51.4 Å². The Kier molecular flexibility index (Phi) is 12.5. The van der Waals surface area contributed by atoms with Gasteiger partial charge in [-0.3, -0.25) is 4.79 Å². The topological polar surface area (TPSA) is 94.2 Å². The van der Waals surface area contributed by atoms with Crippen LogP contribution in [0.25, 0.3) is 0 Å². The van der Waals surface area contributed by atoms with Crippen LogP contribution < -0.4 is 0 Å². The van der Waals surface area contributed by atoms with E-state index in [1.54, 1.807) is 7.11 Å². The van der Waals surface area contributed by atoms with E-state index < -0.39 is 35.7 Å². The SMILES string of the molecule is CO[Si]CCCOC(=O)C(C)C[Si]1(C)O[Si](C)O[Si](C)O[Si](C)(CCCOCC2CO2)O1. The van der Waals surface area contributed by atoms with Crippen molar-refractivity contribution < 1.29 is 39.9 Å². The third-order valence-corrected chi connectivity index (χ3v) is 19.9. The summed E-state index contributed by atoms with van der Waals surface area (Å²) >= 11 is 0. The molecule has 32 heavy (non-hydrogen) atoms. The second-order valence-corrected chi connectivity index (χ2v) is 20.4. The van der Waals surface area contributed by atoms with Gasteiger partial charge in [0, 0.05) is 19.8 Å². The van der Waals surface area contributed by atoms with E-state index in [0.29, 0.717) is 35.6 Å². The van der Waals surface area contributed by atoms with Gasteiger partial charge >= 0.3 is 41.7 Å². The maximum absolute atomic E-state index is 12.5. The molecule has 9 nitrogen and oxygen atoms in total. The molecule has 0 aliphatic carbocycles. The Balaban J connectivity index is 1.90. The lowest BCUT2D eigenvalue weighted by molar-refractivity contribution is -0.147. The van der Waals surface area contributed by atoms with E-state index >= 15 is 0 Å². The number of hydrogen-bond acceptors (Lipinski definition) is 9. The van der Waals surface area contributed by atoms with Crippen molar-refractivity contribution in [3.05, 3.63) is 0 Å². The molecule has 14 heteroatoms. The van der Waals surface area contributed by atoms with E-state index in [9.17, 15) is 4.79 Å². The first-order chi connectivity index (χ1) is 15.1. The van der Waals surface area contributed by atoms with Gasteiger partial charge in [0.25, 0.3) is 0 Å². The van der Waals surface area contributed by atoms with Gasteiger partial charge in [0.1, 0.15) is 6.10 Å². The summed E-state index contributed by atoms with van der Waals surface area (Å²) in [4.78, 5) is 12.5. The molecule has 0 aromatic rings. The van der Waals surface area contributed by atoms with Gasteiger partial charge in [-0.05, 0) is 51.1 Å². The lowest BCUT2D eigenvalue weighted by atomic mass is 10.2. The van der Waals surface area contributed by atoms with E-state index in [2.05, 4.69) is 6.55 Å². The molecular formula is C18H38O9Si5. The first-order valence-electron chi connectivity index (χ1n) is 11.2. The van der Waals surface area contributed by atoms with E-state index in [1.165, 1.54) is 0 Å². The predicted molar refractivity (Wildman–Crippen MR) is 128 cm³/mol. The Bertz CT molecular complexity index is 573. The van der Waals surface area contributed by atoms with E-state index in [0.717, 1.165) is 31.5 Å². The maximum atomic E-state index is 12.5. The summed E-state index contributed by atoms with van der Waals surface area (Å²) in [5.74, 6) is -0.517. The third-order valence-electron chi connectivity index (χ3n) is 4.96. The average molecular weight is 539 g/mol. The van der Waals surface area contributed by atoms with Gasteiger partial charge in [-0.25, -0.2) is 0 Å². The van der Waals surface area contributed by atoms with Gasteiger partial charge in [-0.2, -0.15) is 0 Å². The molecular weight excluding hydrogens is 501 g/mol. The quantitative estimate of drug-likeness (QED) is 0.143. The largest absolute Gasteiger partial charge is 0.465 e. The summed E-state index contributed by atoms with van der Waals surface area (Å²) in [6.45, 7) is 12.5. The summed E-state index contributed by atoms with van der Waals surface area (Å²) in [5.41, 5.74) is 0. The fourth-order valence-corrected chi connectivity index (χ4v) is 20.0. The minimum Gasteiger partial charge on any atom is -0.465 e. The Labute approximate surface area is 200 Å². The van der Waals surface area contributed by atoms with Crippen LogP contribution in [0.1, 0.15) is 19.8 Å². The summed E-state index contributed by atoms with van der Waals surface area (Å²) in [6.07, 6.45) is 1.92. The van der Waals surface area contributed by atoms with Gasteiger partial charge in [0.15, 0.2) is 0 Å². The molecule has 4 unspecified atom stereocenters. The zero-order chi connectivity index (χ0) is 23.6. The highest BCUT2D eigenvalue weighted by molar-refractivity contribution is 6.86. The fraction of sp³-hybridized carbons (Fsp3) is 0.944. The van der Waals surface area contributed by atoms with Crippen LogP contribution in [0.3, 0.4) is 0 Å². The standard InChI is InChI=1S/C18H38O9Si5/c1-16(18(19)22-10-7-11-28-20-2)15-32(6)26-30(4)24-29(3)25-31(5,27-32)12-8-9-21-13-17-14-23-17/h16-17H,7-15H2,1-6H3. The second-order valence-electron chi connectivity index (χ2n) is 8.52. The van der Waals surface area contributed by atoms with Gasteiger partial charge in [0.05, 0.1) is 25.7 Å².